The van der Waals surface area contributed by atoms with Gasteiger partial charge in [-0.3, -0.25) is 9.59 Å². The number of carbonyl (C=O) groups is 2. The standard InChI is InChI=1S/C15H22ClIN2O5/c1-9(2)3-4-19-14-13(16)11(20)8-24-15(14)23-7-10(17)5-18-6-12(21)22/h5,9,15,18-19H,3-4,6-8H2,1-2H3,(H,21,22)/b10-5-. The number of rotatable bonds is 10. The van der Waals surface area contributed by atoms with E-state index in [9.17, 15) is 9.59 Å². The van der Waals surface area contributed by atoms with Crippen LogP contribution in [-0.4, -0.2) is 49.5 Å². The smallest absolute Gasteiger partial charge is 0.322 e. The summed E-state index contributed by atoms with van der Waals surface area (Å²) in [5.74, 6) is -0.713. The number of Topliss-reactive ketones (excluding diaryl/α,β-unsaturated/α-hetero) is 1. The van der Waals surface area contributed by atoms with E-state index in [-0.39, 0.29) is 30.6 Å². The van der Waals surface area contributed by atoms with E-state index in [0.29, 0.717) is 18.2 Å². The van der Waals surface area contributed by atoms with Crippen molar-refractivity contribution >= 4 is 45.9 Å². The number of carboxylic acids is 1. The largest absolute Gasteiger partial charge is 0.480 e. The summed E-state index contributed by atoms with van der Waals surface area (Å²) in [6, 6.07) is 0. The third kappa shape index (κ3) is 7.82. The number of carbonyl (C=O) groups excluding carboxylic acids is 1. The Morgan fingerprint density at radius 1 is 1.58 bits per heavy atom. The number of carboxylic acid groups (broad SMARTS) is 1. The molecule has 0 aromatic rings. The van der Waals surface area contributed by atoms with Gasteiger partial charge >= 0.3 is 5.97 Å². The number of ether oxygens (including phenoxy) is 2. The lowest BCUT2D eigenvalue weighted by atomic mass is 10.1. The number of ketones is 1. The molecule has 0 spiro atoms. The second kappa shape index (κ2) is 10.9. The fraction of sp³-hybridized carbons (Fsp3) is 0.600. The van der Waals surface area contributed by atoms with Gasteiger partial charge in [-0.05, 0) is 34.9 Å². The van der Waals surface area contributed by atoms with Crippen LogP contribution in [0.25, 0.3) is 0 Å². The Bertz CT molecular complexity index is 522. The van der Waals surface area contributed by atoms with Crippen LogP contribution in [0.1, 0.15) is 20.3 Å². The first-order valence-electron chi connectivity index (χ1n) is 7.51. The lowest BCUT2D eigenvalue weighted by molar-refractivity contribution is -0.144. The Kier molecular flexibility index (Phi) is 9.64. The average Bonchev–Trinajstić information content (AvgIpc) is 2.50. The molecule has 1 rings (SSSR count). The van der Waals surface area contributed by atoms with Crippen molar-refractivity contribution in [1.82, 2.24) is 10.6 Å². The minimum atomic E-state index is -0.947. The van der Waals surface area contributed by atoms with E-state index in [1.54, 1.807) is 6.20 Å². The van der Waals surface area contributed by atoms with Crippen LogP contribution < -0.4 is 10.6 Å². The minimum Gasteiger partial charge on any atom is -0.480 e. The highest BCUT2D eigenvalue weighted by Crippen LogP contribution is 2.22. The first-order valence-corrected chi connectivity index (χ1v) is 8.96. The van der Waals surface area contributed by atoms with Gasteiger partial charge in [0.1, 0.15) is 18.2 Å². The average molecular weight is 473 g/mol. The van der Waals surface area contributed by atoms with Crippen LogP contribution in [0.3, 0.4) is 0 Å². The van der Waals surface area contributed by atoms with Crippen LogP contribution in [0.15, 0.2) is 20.5 Å². The first-order chi connectivity index (χ1) is 11.3. The maximum absolute atomic E-state index is 11.7. The van der Waals surface area contributed by atoms with E-state index in [1.165, 1.54) is 0 Å². The van der Waals surface area contributed by atoms with Gasteiger partial charge in [-0.25, -0.2) is 0 Å². The predicted molar refractivity (Wildman–Crippen MR) is 98.8 cm³/mol. The zero-order valence-corrected chi connectivity index (χ0v) is 16.5. The van der Waals surface area contributed by atoms with E-state index in [1.807, 2.05) is 22.6 Å². The Labute approximate surface area is 159 Å². The summed E-state index contributed by atoms with van der Waals surface area (Å²) >= 11 is 8.12. The molecule has 1 atom stereocenters. The number of hydrogen-bond donors (Lipinski definition) is 3. The fourth-order valence-electron chi connectivity index (χ4n) is 1.79. The van der Waals surface area contributed by atoms with Crippen molar-refractivity contribution in [2.45, 2.75) is 26.6 Å². The Morgan fingerprint density at radius 3 is 2.92 bits per heavy atom. The summed E-state index contributed by atoms with van der Waals surface area (Å²) in [4.78, 5) is 22.1. The van der Waals surface area contributed by atoms with Crippen molar-refractivity contribution in [1.29, 1.82) is 0 Å². The minimum absolute atomic E-state index is 0.109. The molecule has 3 N–H and O–H groups in total. The third-order valence-corrected chi connectivity index (χ3v) is 4.04. The summed E-state index contributed by atoms with van der Waals surface area (Å²) in [5, 5.41) is 14.4. The van der Waals surface area contributed by atoms with E-state index in [4.69, 9.17) is 26.2 Å². The van der Waals surface area contributed by atoms with E-state index in [0.717, 1.165) is 10.0 Å². The highest BCUT2D eigenvalue weighted by molar-refractivity contribution is 14.1. The maximum atomic E-state index is 11.7. The van der Waals surface area contributed by atoms with Gasteiger partial charge < -0.3 is 25.2 Å². The molecule has 1 aliphatic rings. The van der Waals surface area contributed by atoms with Crippen molar-refractivity contribution in [2.24, 2.45) is 5.92 Å². The fourth-order valence-corrected chi connectivity index (χ4v) is 2.40. The quantitative estimate of drug-likeness (QED) is 0.418. The molecular weight excluding hydrogens is 451 g/mol. The molecule has 0 radical (unpaired) electrons. The van der Waals surface area contributed by atoms with Crippen LogP contribution in [0, 0.1) is 5.92 Å². The zero-order chi connectivity index (χ0) is 18.1. The molecule has 24 heavy (non-hydrogen) atoms. The molecule has 136 valence electrons. The zero-order valence-electron chi connectivity index (χ0n) is 13.6. The normalized spacial score (nSPS) is 19.0. The van der Waals surface area contributed by atoms with Gasteiger partial charge in [0.2, 0.25) is 12.1 Å². The number of aliphatic carboxylic acids is 1. The van der Waals surface area contributed by atoms with Gasteiger partial charge in [-0.1, -0.05) is 25.4 Å². The molecule has 0 aromatic carbocycles. The molecule has 0 bridgehead atoms. The van der Waals surface area contributed by atoms with Gasteiger partial charge in [0, 0.05) is 16.3 Å². The lowest BCUT2D eigenvalue weighted by Gasteiger charge is -2.27. The Hall–Kier alpha value is -0.840. The monoisotopic (exact) mass is 472 g/mol. The highest BCUT2D eigenvalue weighted by atomic mass is 127. The van der Waals surface area contributed by atoms with Gasteiger partial charge in [-0.2, -0.15) is 0 Å². The van der Waals surface area contributed by atoms with Crippen LogP contribution in [0.2, 0.25) is 0 Å². The molecule has 1 aliphatic heterocycles. The number of halogens is 2. The topological polar surface area (TPSA) is 96.9 Å². The first kappa shape index (κ1) is 21.2. The Morgan fingerprint density at radius 2 is 2.29 bits per heavy atom. The molecule has 7 nitrogen and oxygen atoms in total. The molecule has 0 amide bonds. The molecule has 0 aromatic heterocycles. The molecule has 1 heterocycles. The lowest BCUT2D eigenvalue weighted by Crippen LogP contribution is -2.37. The third-order valence-electron chi connectivity index (χ3n) is 3.00. The summed E-state index contributed by atoms with van der Waals surface area (Å²) < 4.78 is 11.8. The summed E-state index contributed by atoms with van der Waals surface area (Å²) in [6.07, 6.45) is 1.73. The van der Waals surface area contributed by atoms with Gasteiger partial charge in [0.25, 0.3) is 0 Å². The molecule has 0 saturated heterocycles. The number of nitrogens with one attached hydrogen (secondary N) is 2. The predicted octanol–water partition coefficient (Wildman–Crippen LogP) is 1.97. The van der Waals surface area contributed by atoms with Gasteiger partial charge in [-0.15, -0.1) is 0 Å². The Balaban J connectivity index is 2.60. The van der Waals surface area contributed by atoms with Crippen LogP contribution >= 0.6 is 34.2 Å². The van der Waals surface area contributed by atoms with Crippen molar-refractivity contribution < 1.29 is 24.2 Å². The SMILES string of the molecule is CC(C)CCNC1=C(Cl)C(=O)COC1OC/C(I)=C/NCC(=O)O. The summed E-state index contributed by atoms with van der Waals surface area (Å²) in [5.41, 5.74) is 0.441. The molecule has 0 fully saturated rings. The van der Waals surface area contributed by atoms with E-state index < -0.39 is 12.3 Å². The molecule has 9 heteroatoms. The number of hydrogen-bond acceptors (Lipinski definition) is 6. The second-order valence-corrected chi connectivity index (χ2v) is 7.34. The second-order valence-electron chi connectivity index (χ2n) is 5.58. The van der Waals surface area contributed by atoms with Crippen LogP contribution in [0.5, 0.6) is 0 Å². The molecule has 0 saturated carbocycles. The van der Waals surface area contributed by atoms with E-state index >= 15 is 0 Å². The summed E-state index contributed by atoms with van der Waals surface area (Å²) in [6.45, 7) is 4.76. The molecule has 0 aliphatic carbocycles. The van der Waals surface area contributed by atoms with Crippen molar-refractivity contribution in [2.75, 3.05) is 26.3 Å². The maximum Gasteiger partial charge on any atom is 0.322 e. The van der Waals surface area contributed by atoms with E-state index in [2.05, 4.69) is 24.5 Å². The van der Waals surface area contributed by atoms with Gasteiger partial charge in [0.15, 0.2) is 0 Å². The summed E-state index contributed by atoms with van der Waals surface area (Å²) in [7, 11) is 0. The molecular formula is C15H22ClIN2O5. The van der Waals surface area contributed by atoms with Gasteiger partial charge in [0.05, 0.1) is 12.3 Å². The van der Waals surface area contributed by atoms with Crippen molar-refractivity contribution in [3.63, 3.8) is 0 Å². The highest BCUT2D eigenvalue weighted by Gasteiger charge is 2.29. The molecule has 1 unspecified atom stereocenters. The van der Waals surface area contributed by atoms with Crippen LogP contribution in [0.4, 0.5) is 0 Å². The van der Waals surface area contributed by atoms with Crippen molar-refractivity contribution in [3.8, 4) is 0 Å². The van der Waals surface area contributed by atoms with Crippen molar-refractivity contribution in [3.05, 3.63) is 20.5 Å². The van der Waals surface area contributed by atoms with Crippen LogP contribution in [-0.2, 0) is 19.1 Å².